The normalized spacial score (nSPS) is 20.9. The van der Waals surface area contributed by atoms with Crippen LogP contribution in [0.3, 0.4) is 0 Å². The first-order valence-corrected chi connectivity index (χ1v) is 6.77. The van der Waals surface area contributed by atoms with E-state index in [2.05, 4.69) is 5.32 Å². The van der Waals surface area contributed by atoms with Gasteiger partial charge in [-0.15, -0.1) is 0 Å². The molecule has 0 radical (unpaired) electrons. The summed E-state index contributed by atoms with van der Waals surface area (Å²) in [4.78, 5) is 0. The van der Waals surface area contributed by atoms with Crippen molar-refractivity contribution in [1.29, 1.82) is 0 Å². The van der Waals surface area contributed by atoms with E-state index in [1.807, 2.05) is 32.0 Å². The lowest BCUT2D eigenvalue weighted by Gasteiger charge is -2.17. The molecule has 1 heterocycles. The van der Waals surface area contributed by atoms with Gasteiger partial charge >= 0.3 is 0 Å². The van der Waals surface area contributed by atoms with Crippen LogP contribution in [0.25, 0.3) is 0 Å². The first-order valence-electron chi connectivity index (χ1n) is 6.77. The number of rotatable bonds is 6. The first kappa shape index (κ1) is 15.1. The molecule has 2 rings (SSSR count). The van der Waals surface area contributed by atoms with Gasteiger partial charge in [0.15, 0.2) is 5.79 Å². The summed E-state index contributed by atoms with van der Waals surface area (Å²) in [5, 5.41) is 3.37. The highest BCUT2D eigenvalue weighted by molar-refractivity contribution is 5.40. The Morgan fingerprint density at radius 1 is 1.30 bits per heavy atom. The lowest BCUT2D eigenvalue weighted by Crippen LogP contribution is -2.30. The smallest absolute Gasteiger partial charge is 0.163 e. The van der Waals surface area contributed by atoms with Gasteiger partial charge in [-0.2, -0.15) is 0 Å². The van der Waals surface area contributed by atoms with Gasteiger partial charge in [-0.1, -0.05) is 6.07 Å². The largest absolute Gasteiger partial charge is 0.497 e. The zero-order chi connectivity index (χ0) is 14.6. The Hall–Kier alpha value is -1.30. The van der Waals surface area contributed by atoms with Gasteiger partial charge in [0.2, 0.25) is 0 Å². The maximum atomic E-state index is 5.74. The first-order chi connectivity index (χ1) is 9.54. The van der Waals surface area contributed by atoms with Crippen molar-refractivity contribution < 1.29 is 18.9 Å². The van der Waals surface area contributed by atoms with Gasteiger partial charge in [-0.25, -0.2) is 0 Å². The molecular formula is C15H23NO4. The third-order valence-corrected chi connectivity index (χ3v) is 3.25. The Morgan fingerprint density at radius 2 is 2.10 bits per heavy atom. The lowest BCUT2D eigenvalue weighted by molar-refractivity contribution is -0.137. The van der Waals surface area contributed by atoms with Crippen molar-refractivity contribution in [2.24, 2.45) is 0 Å². The Morgan fingerprint density at radius 3 is 2.70 bits per heavy atom. The molecule has 0 spiro atoms. The fourth-order valence-corrected chi connectivity index (χ4v) is 2.23. The van der Waals surface area contributed by atoms with Crippen LogP contribution < -0.4 is 14.8 Å². The number of nitrogens with one attached hydrogen (secondary N) is 1. The highest BCUT2D eigenvalue weighted by atomic mass is 16.7. The van der Waals surface area contributed by atoms with E-state index in [1.165, 1.54) is 0 Å². The molecule has 1 aromatic carbocycles. The third-order valence-electron chi connectivity index (χ3n) is 3.25. The fraction of sp³-hybridized carbons (Fsp3) is 0.600. The summed E-state index contributed by atoms with van der Waals surface area (Å²) in [7, 11) is 3.31. The molecule has 0 aliphatic carbocycles. The SMILES string of the molecule is COc1ccc(CNCC2COC(C)(C)O2)c(OC)c1. The van der Waals surface area contributed by atoms with Crippen LogP contribution in [-0.2, 0) is 16.0 Å². The van der Waals surface area contributed by atoms with Crippen molar-refractivity contribution >= 4 is 0 Å². The Labute approximate surface area is 120 Å². The van der Waals surface area contributed by atoms with E-state index < -0.39 is 5.79 Å². The summed E-state index contributed by atoms with van der Waals surface area (Å²) in [5.74, 6) is 1.14. The van der Waals surface area contributed by atoms with E-state index in [0.29, 0.717) is 13.2 Å². The van der Waals surface area contributed by atoms with Gasteiger partial charge in [0.05, 0.1) is 26.9 Å². The molecule has 1 fully saturated rings. The second-order valence-electron chi connectivity index (χ2n) is 5.26. The molecule has 5 heteroatoms. The van der Waals surface area contributed by atoms with Crippen LogP contribution >= 0.6 is 0 Å². The molecule has 0 bridgehead atoms. The Bertz CT molecular complexity index is 447. The molecular weight excluding hydrogens is 258 g/mol. The molecule has 1 atom stereocenters. The zero-order valence-electron chi connectivity index (χ0n) is 12.6. The predicted octanol–water partition coefficient (Wildman–Crippen LogP) is 1.94. The van der Waals surface area contributed by atoms with Gasteiger partial charge in [-0.3, -0.25) is 0 Å². The van der Waals surface area contributed by atoms with Crippen LogP contribution in [0, 0.1) is 0 Å². The minimum absolute atomic E-state index is 0.0919. The van der Waals surface area contributed by atoms with Crippen LogP contribution in [0.5, 0.6) is 11.5 Å². The maximum absolute atomic E-state index is 5.74. The summed E-state index contributed by atoms with van der Waals surface area (Å²) in [5.41, 5.74) is 1.09. The molecule has 0 amide bonds. The highest BCUT2D eigenvalue weighted by Gasteiger charge is 2.32. The molecule has 1 unspecified atom stereocenters. The van der Waals surface area contributed by atoms with Crippen LogP contribution in [0.4, 0.5) is 0 Å². The second-order valence-corrected chi connectivity index (χ2v) is 5.26. The van der Waals surface area contributed by atoms with Crippen molar-refractivity contribution in [3.05, 3.63) is 23.8 Å². The predicted molar refractivity (Wildman–Crippen MR) is 76.2 cm³/mol. The molecule has 112 valence electrons. The van der Waals surface area contributed by atoms with Crippen LogP contribution in [-0.4, -0.2) is 39.3 Å². The minimum Gasteiger partial charge on any atom is -0.497 e. The number of hydrogen-bond donors (Lipinski definition) is 1. The molecule has 20 heavy (non-hydrogen) atoms. The van der Waals surface area contributed by atoms with Gasteiger partial charge in [-0.05, 0) is 19.9 Å². The quantitative estimate of drug-likeness (QED) is 0.863. The highest BCUT2D eigenvalue weighted by Crippen LogP contribution is 2.25. The lowest BCUT2D eigenvalue weighted by atomic mass is 10.2. The summed E-state index contributed by atoms with van der Waals surface area (Å²) in [6.07, 6.45) is 0.0919. The van der Waals surface area contributed by atoms with Crippen LogP contribution in [0.2, 0.25) is 0 Å². The molecule has 1 saturated heterocycles. The summed E-state index contributed by atoms with van der Waals surface area (Å²) < 4.78 is 21.8. The van der Waals surface area contributed by atoms with E-state index in [0.717, 1.165) is 23.6 Å². The van der Waals surface area contributed by atoms with Crippen molar-refractivity contribution in [2.75, 3.05) is 27.4 Å². The van der Waals surface area contributed by atoms with Crippen LogP contribution in [0.1, 0.15) is 19.4 Å². The minimum atomic E-state index is -0.468. The monoisotopic (exact) mass is 281 g/mol. The number of ether oxygens (including phenoxy) is 4. The molecule has 5 nitrogen and oxygen atoms in total. The summed E-state index contributed by atoms with van der Waals surface area (Å²) in [6, 6.07) is 5.81. The van der Waals surface area contributed by atoms with Crippen molar-refractivity contribution in [3.8, 4) is 11.5 Å². The van der Waals surface area contributed by atoms with Crippen molar-refractivity contribution in [2.45, 2.75) is 32.3 Å². The molecule has 0 saturated carbocycles. The molecule has 1 aliphatic heterocycles. The average Bonchev–Trinajstić information content (AvgIpc) is 2.78. The molecule has 0 aromatic heterocycles. The Kier molecular flexibility index (Phi) is 4.86. The van der Waals surface area contributed by atoms with E-state index in [-0.39, 0.29) is 6.10 Å². The Balaban J connectivity index is 1.85. The number of benzene rings is 1. The van der Waals surface area contributed by atoms with E-state index in [4.69, 9.17) is 18.9 Å². The fourth-order valence-electron chi connectivity index (χ4n) is 2.23. The summed E-state index contributed by atoms with van der Waals surface area (Å²) >= 11 is 0. The standard InChI is InChI=1S/C15H23NO4/c1-15(2)19-10-13(20-15)9-16-8-11-5-6-12(17-3)7-14(11)18-4/h5-7,13,16H,8-10H2,1-4H3. The van der Waals surface area contributed by atoms with Crippen molar-refractivity contribution in [3.63, 3.8) is 0 Å². The third kappa shape index (κ3) is 3.85. The van der Waals surface area contributed by atoms with Gasteiger partial charge in [0.1, 0.15) is 11.5 Å². The van der Waals surface area contributed by atoms with Gasteiger partial charge in [0.25, 0.3) is 0 Å². The molecule has 1 aromatic rings. The average molecular weight is 281 g/mol. The zero-order valence-corrected chi connectivity index (χ0v) is 12.6. The maximum Gasteiger partial charge on any atom is 0.163 e. The second kappa shape index (κ2) is 6.43. The van der Waals surface area contributed by atoms with E-state index in [1.54, 1.807) is 14.2 Å². The summed E-state index contributed by atoms with van der Waals surface area (Å²) in [6.45, 7) is 5.95. The van der Waals surface area contributed by atoms with Crippen molar-refractivity contribution in [1.82, 2.24) is 5.32 Å². The van der Waals surface area contributed by atoms with Gasteiger partial charge < -0.3 is 24.3 Å². The van der Waals surface area contributed by atoms with E-state index in [9.17, 15) is 0 Å². The number of hydrogen-bond acceptors (Lipinski definition) is 5. The van der Waals surface area contributed by atoms with Gasteiger partial charge in [0, 0.05) is 24.7 Å². The molecule has 1 N–H and O–H groups in total. The topological polar surface area (TPSA) is 49.0 Å². The number of methoxy groups -OCH3 is 2. The van der Waals surface area contributed by atoms with E-state index >= 15 is 0 Å². The van der Waals surface area contributed by atoms with Crippen LogP contribution in [0.15, 0.2) is 18.2 Å². The molecule has 1 aliphatic rings.